The van der Waals surface area contributed by atoms with E-state index in [9.17, 15) is 0 Å². The number of hydrogen-bond donors (Lipinski definition) is 1. The Morgan fingerprint density at radius 2 is 2.33 bits per heavy atom. The maximum atomic E-state index is 6.28. The second-order valence-electron chi connectivity index (χ2n) is 4.78. The van der Waals surface area contributed by atoms with E-state index in [4.69, 9.17) is 16.3 Å². The Morgan fingerprint density at radius 1 is 1.50 bits per heavy atom. The van der Waals surface area contributed by atoms with Crippen LogP contribution < -0.4 is 10.1 Å². The minimum absolute atomic E-state index is 0.590. The molecule has 1 unspecified atom stereocenters. The van der Waals surface area contributed by atoms with Gasteiger partial charge in [0.25, 0.3) is 0 Å². The van der Waals surface area contributed by atoms with Crippen molar-refractivity contribution in [1.29, 1.82) is 0 Å². The summed E-state index contributed by atoms with van der Waals surface area (Å²) in [5.41, 5.74) is 1.10. The molecule has 1 aromatic rings. The van der Waals surface area contributed by atoms with Crippen molar-refractivity contribution in [3.63, 3.8) is 0 Å². The molecule has 1 aliphatic heterocycles. The zero-order valence-corrected chi connectivity index (χ0v) is 11.8. The average molecular weight is 269 g/mol. The Balaban J connectivity index is 2.09. The molecule has 1 N–H and O–H groups in total. The van der Waals surface area contributed by atoms with E-state index in [1.807, 2.05) is 25.2 Å². The zero-order valence-electron chi connectivity index (χ0n) is 11.1. The fourth-order valence-electron chi connectivity index (χ4n) is 2.54. The predicted octanol–water partition coefficient (Wildman–Crippen LogP) is 2.53. The minimum Gasteiger partial charge on any atom is -0.496 e. The highest BCUT2D eigenvalue weighted by molar-refractivity contribution is 6.31. The van der Waals surface area contributed by atoms with Crippen molar-refractivity contribution in [3.05, 3.63) is 28.8 Å². The van der Waals surface area contributed by atoms with Gasteiger partial charge in [0, 0.05) is 29.7 Å². The lowest BCUT2D eigenvalue weighted by molar-refractivity contribution is 0.186. The van der Waals surface area contributed by atoms with E-state index < -0.39 is 0 Å². The van der Waals surface area contributed by atoms with Crippen molar-refractivity contribution in [3.8, 4) is 5.75 Å². The van der Waals surface area contributed by atoms with Crippen molar-refractivity contribution >= 4 is 11.6 Å². The first kappa shape index (κ1) is 13.7. The lowest BCUT2D eigenvalue weighted by Crippen LogP contribution is -2.43. The molecular weight excluding hydrogens is 248 g/mol. The Hall–Kier alpha value is -0.770. The topological polar surface area (TPSA) is 24.5 Å². The third kappa shape index (κ3) is 3.16. The summed E-state index contributed by atoms with van der Waals surface area (Å²) >= 11 is 6.28. The van der Waals surface area contributed by atoms with Gasteiger partial charge in [0.05, 0.1) is 7.11 Å². The molecule has 0 aromatic heterocycles. The number of likely N-dealkylation sites (tertiary alicyclic amines) is 1. The largest absolute Gasteiger partial charge is 0.496 e. The zero-order chi connectivity index (χ0) is 13.0. The molecule has 0 spiro atoms. The quantitative estimate of drug-likeness (QED) is 0.908. The number of halogens is 1. The van der Waals surface area contributed by atoms with Gasteiger partial charge < -0.3 is 10.1 Å². The normalized spacial score (nSPS) is 20.9. The van der Waals surface area contributed by atoms with Gasteiger partial charge in [-0.2, -0.15) is 0 Å². The molecule has 1 heterocycles. The number of benzene rings is 1. The van der Waals surface area contributed by atoms with Crippen molar-refractivity contribution in [2.24, 2.45) is 0 Å². The summed E-state index contributed by atoms with van der Waals surface area (Å²) in [6.07, 6.45) is 2.49. The van der Waals surface area contributed by atoms with Gasteiger partial charge in [0.15, 0.2) is 0 Å². The molecule has 1 atom stereocenters. The fourth-order valence-corrected chi connectivity index (χ4v) is 2.77. The Morgan fingerprint density at radius 3 is 3.06 bits per heavy atom. The van der Waals surface area contributed by atoms with Crippen LogP contribution in [0.4, 0.5) is 0 Å². The van der Waals surface area contributed by atoms with Crippen LogP contribution in [0.2, 0.25) is 5.02 Å². The van der Waals surface area contributed by atoms with Crippen LogP contribution in [0.3, 0.4) is 0 Å². The van der Waals surface area contributed by atoms with Crippen LogP contribution in [0.25, 0.3) is 0 Å². The Bertz CT molecular complexity index is 397. The molecular formula is C14H21ClN2O. The number of rotatable bonds is 4. The molecule has 0 radical (unpaired) electrons. The first-order chi connectivity index (χ1) is 8.74. The van der Waals surface area contributed by atoms with Crippen LogP contribution in [0, 0.1) is 0 Å². The SMILES string of the molecule is CNC1CCCN(Cc2c(Cl)cccc2OC)C1. The van der Waals surface area contributed by atoms with Crippen molar-refractivity contribution in [1.82, 2.24) is 10.2 Å². The molecule has 3 nitrogen and oxygen atoms in total. The van der Waals surface area contributed by atoms with E-state index in [0.29, 0.717) is 6.04 Å². The molecule has 0 bridgehead atoms. The number of nitrogens with one attached hydrogen (secondary N) is 1. The molecule has 4 heteroatoms. The van der Waals surface area contributed by atoms with Gasteiger partial charge in [0.1, 0.15) is 5.75 Å². The lowest BCUT2D eigenvalue weighted by Gasteiger charge is -2.33. The third-order valence-corrected chi connectivity index (χ3v) is 3.95. The van der Waals surface area contributed by atoms with Crippen LogP contribution in [0.1, 0.15) is 18.4 Å². The number of likely N-dealkylation sites (N-methyl/N-ethyl adjacent to an activating group) is 1. The first-order valence-electron chi connectivity index (χ1n) is 6.45. The molecule has 1 saturated heterocycles. The Labute approximate surface area is 114 Å². The van der Waals surface area contributed by atoms with Gasteiger partial charge in [-0.05, 0) is 38.6 Å². The van der Waals surface area contributed by atoms with E-state index in [0.717, 1.165) is 36.0 Å². The smallest absolute Gasteiger partial charge is 0.124 e. The van der Waals surface area contributed by atoms with Gasteiger partial charge in [-0.15, -0.1) is 0 Å². The van der Waals surface area contributed by atoms with Crippen LogP contribution in [0.5, 0.6) is 5.75 Å². The first-order valence-corrected chi connectivity index (χ1v) is 6.83. The van der Waals surface area contributed by atoms with E-state index in [1.54, 1.807) is 7.11 Å². The minimum atomic E-state index is 0.590. The number of piperidine rings is 1. The average Bonchev–Trinajstić information content (AvgIpc) is 2.41. The maximum Gasteiger partial charge on any atom is 0.124 e. The number of hydrogen-bond acceptors (Lipinski definition) is 3. The molecule has 1 fully saturated rings. The predicted molar refractivity (Wildman–Crippen MR) is 75.4 cm³/mol. The standard InChI is InChI=1S/C14H21ClN2O/c1-16-11-5-4-8-17(9-11)10-12-13(15)6-3-7-14(12)18-2/h3,6-7,11,16H,4-5,8-10H2,1-2H3. The second-order valence-corrected chi connectivity index (χ2v) is 5.19. The van der Waals surface area contributed by atoms with Crippen LogP contribution in [-0.4, -0.2) is 38.2 Å². The van der Waals surface area contributed by atoms with Crippen LogP contribution in [-0.2, 0) is 6.54 Å². The summed E-state index contributed by atoms with van der Waals surface area (Å²) in [6, 6.07) is 6.42. The fraction of sp³-hybridized carbons (Fsp3) is 0.571. The molecule has 1 aliphatic rings. The van der Waals surface area contributed by atoms with Crippen LogP contribution in [0.15, 0.2) is 18.2 Å². The molecule has 18 heavy (non-hydrogen) atoms. The van der Waals surface area contributed by atoms with E-state index >= 15 is 0 Å². The molecule has 0 amide bonds. The third-order valence-electron chi connectivity index (χ3n) is 3.59. The van der Waals surface area contributed by atoms with Gasteiger partial charge in [-0.1, -0.05) is 17.7 Å². The summed E-state index contributed by atoms with van der Waals surface area (Å²) in [5.74, 6) is 0.883. The highest BCUT2D eigenvalue weighted by Crippen LogP contribution is 2.28. The summed E-state index contributed by atoms with van der Waals surface area (Å²) in [4.78, 5) is 2.44. The van der Waals surface area contributed by atoms with Gasteiger partial charge in [0.2, 0.25) is 0 Å². The van der Waals surface area contributed by atoms with Gasteiger partial charge in [-0.3, -0.25) is 4.90 Å². The highest BCUT2D eigenvalue weighted by atomic mass is 35.5. The number of methoxy groups -OCH3 is 1. The van der Waals surface area contributed by atoms with E-state index in [1.165, 1.54) is 12.8 Å². The molecule has 0 aliphatic carbocycles. The molecule has 0 saturated carbocycles. The van der Waals surface area contributed by atoms with Crippen molar-refractivity contribution < 1.29 is 4.74 Å². The summed E-state index contributed by atoms with van der Waals surface area (Å²) in [5, 5.41) is 4.15. The molecule has 2 rings (SSSR count). The van der Waals surface area contributed by atoms with Crippen molar-refractivity contribution in [2.45, 2.75) is 25.4 Å². The summed E-state index contributed by atoms with van der Waals surface area (Å²) in [7, 11) is 3.73. The van der Waals surface area contributed by atoms with E-state index in [2.05, 4.69) is 10.2 Å². The molecule has 1 aromatic carbocycles. The van der Waals surface area contributed by atoms with Gasteiger partial charge >= 0.3 is 0 Å². The lowest BCUT2D eigenvalue weighted by atomic mass is 10.0. The van der Waals surface area contributed by atoms with Crippen LogP contribution >= 0.6 is 11.6 Å². The molecule has 100 valence electrons. The summed E-state index contributed by atoms with van der Waals surface area (Å²) < 4.78 is 5.39. The second kappa shape index (κ2) is 6.41. The maximum absolute atomic E-state index is 6.28. The highest BCUT2D eigenvalue weighted by Gasteiger charge is 2.20. The number of nitrogens with zero attached hydrogens (tertiary/aromatic N) is 1. The van der Waals surface area contributed by atoms with Gasteiger partial charge in [-0.25, -0.2) is 0 Å². The number of ether oxygens (including phenoxy) is 1. The Kier molecular flexibility index (Phi) is 4.87. The monoisotopic (exact) mass is 268 g/mol. The van der Waals surface area contributed by atoms with E-state index in [-0.39, 0.29) is 0 Å². The van der Waals surface area contributed by atoms with Crippen molar-refractivity contribution in [2.75, 3.05) is 27.2 Å². The summed E-state index contributed by atoms with van der Waals surface area (Å²) in [6.45, 7) is 3.07.